The summed E-state index contributed by atoms with van der Waals surface area (Å²) in [6.45, 7) is 2.52. The SMILES string of the molecule is C/C=C/[C@@H]1COC(=O)C1. The largest absolute Gasteiger partial charge is 0.465 e. The highest BCUT2D eigenvalue weighted by Gasteiger charge is 2.20. The summed E-state index contributed by atoms with van der Waals surface area (Å²) >= 11 is 0. The zero-order chi connectivity index (χ0) is 6.69. The molecule has 2 nitrogen and oxygen atoms in total. The third-order valence-corrected chi connectivity index (χ3v) is 1.35. The minimum atomic E-state index is -0.0712. The monoisotopic (exact) mass is 126 g/mol. The molecule has 0 spiro atoms. The Kier molecular flexibility index (Phi) is 1.88. The number of hydrogen-bond acceptors (Lipinski definition) is 2. The molecule has 0 bridgehead atoms. The number of carbonyl (C=O) groups excluding carboxylic acids is 1. The van der Waals surface area contributed by atoms with Crippen molar-refractivity contribution in [2.75, 3.05) is 6.61 Å². The molecule has 0 unspecified atom stereocenters. The number of hydrogen-bond donors (Lipinski definition) is 0. The van der Waals surface area contributed by atoms with Crippen LogP contribution in [0.4, 0.5) is 0 Å². The van der Waals surface area contributed by atoms with Crippen molar-refractivity contribution in [1.29, 1.82) is 0 Å². The number of cyclic esters (lactones) is 1. The fourth-order valence-corrected chi connectivity index (χ4v) is 0.928. The Morgan fingerprint density at radius 1 is 1.78 bits per heavy atom. The fourth-order valence-electron chi connectivity index (χ4n) is 0.928. The summed E-state index contributed by atoms with van der Waals surface area (Å²) in [5, 5.41) is 0. The van der Waals surface area contributed by atoms with Gasteiger partial charge in [-0.25, -0.2) is 0 Å². The molecular weight excluding hydrogens is 116 g/mol. The molecule has 0 radical (unpaired) electrons. The highest BCUT2D eigenvalue weighted by atomic mass is 16.5. The van der Waals surface area contributed by atoms with Gasteiger partial charge in [-0.3, -0.25) is 4.79 Å². The molecule has 1 aliphatic rings. The lowest BCUT2D eigenvalue weighted by molar-refractivity contribution is -0.137. The van der Waals surface area contributed by atoms with E-state index in [2.05, 4.69) is 0 Å². The third-order valence-electron chi connectivity index (χ3n) is 1.35. The van der Waals surface area contributed by atoms with Gasteiger partial charge < -0.3 is 4.74 Å². The molecule has 2 heteroatoms. The highest BCUT2D eigenvalue weighted by Crippen LogP contribution is 2.14. The van der Waals surface area contributed by atoms with Crippen LogP contribution in [0.25, 0.3) is 0 Å². The van der Waals surface area contributed by atoms with E-state index in [-0.39, 0.29) is 5.97 Å². The smallest absolute Gasteiger partial charge is 0.306 e. The lowest BCUT2D eigenvalue weighted by Gasteiger charge is -1.92. The minimum absolute atomic E-state index is 0.0712. The second kappa shape index (κ2) is 2.67. The van der Waals surface area contributed by atoms with E-state index in [0.29, 0.717) is 18.9 Å². The molecule has 9 heavy (non-hydrogen) atoms. The predicted molar refractivity (Wildman–Crippen MR) is 33.9 cm³/mol. The van der Waals surface area contributed by atoms with Crippen LogP contribution in [-0.4, -0.2) is 12.6 Å². The Balaban J connectivity index is 2.39. The van der Waals surface area contributed by atoms with E-state index < -0.39 is 0 Å². The fraction of sp³-hybridized carbons (Fsp3) is 0.571. The molecule has 1 heterocycles. The van der Waals surface area contributed by atoms with Crippen LogP contribution in [0.15, 0.2) is 12.2 Å². The van der Waals surface area contributed by atoms with Crippen LogP contribution in [0.1, 0.15) is 13.3 Å². The van der Waals surface area contributed by atoms with Gasteiger partial charge in [-0.15, -0.1) is 0 Å². The van der Waals surface area contributed by atoms with Gasteiger partial charge in [0.25, 0.3) is 0 Å². The van der Waals surface area contributed by atoms with Crippen molar-refractivity contribution in [3.63, 3.8) is 0 Å². The average molecular weight is 126 g/mol. The second-order valence-corrected chi connectivity index (χ2v) is 2.17. The topological polar surface area (TPSA) is 26.3 Å². The molecule has 0 saturated carbocycles. The van der Waals surface area contributed by atoms with Crippen LogP contribution in [0.5, 0.6) is 0 Å². The number of ether oxygens (including phenoxy) is 1. The maximum atomic E-state index is 10.5. The van der Waals surface area contributed by atoms with E-state index in [4.69, 9.17) is 4.74 Å². The van der Waals surface area contributed by atoms with Crippen LogP contribution < -0.4 is 0 Å². The molecule has 0 amide bonds. The van der Waals surface area contributed by atoms with Crippen molar-refractivity contribution in [1.82, 2.24) is 0 Å². The number of allylic oxidation sites excluding steroid dienone is 1. The van der Waals surface area contributed by atoms with Crippen molar-refractivity contribution in [3.05, 3.63) is 12.2 Å². The lowest BCUT2D eigenvalue weighted by Crippen LogP contribution is -1.91. The Labute approximate surface area is 54.5 Å². The maximum absolute atomic E-state index is 10.5. The Hall–Kier alpha value is -0.790. The highest BCUT2D eigenvalue weighted by molar-refractivity contribution is 5.71. The van der Waals surface area contributed by atoms with Gasteiger partial charge in [0.15, 0.2) is 0 Å². The van der Waals surface area contributed by atoms with Gasteiger partial charge in [0.05, 0.1) is 13.0 Å². The number of carbonyl (C=O) groups is 1. The van der Waals surface area contributed by atoms with Gasteiger partial charge in [0.2, 0.25) is 0 Å². The first-order chi connectivity index (χ1) is 4.33. The van der Waals surface area contributed by atoms with E-state index in [1.807, 2.05) is 19.1 Å². The predicted octanol–water partition coefficient (Wildman–Crippen LogP) is 1.13. The summed E-state index contributed by atoms with van der Waals surface area (Å²) < 4.78 is 4.73. The summed E-state index contributed by atoms with van der Waals surface area (Å²) in [6, 6.07) is 0. The molecule has 1 rings (SSSR count). The quantitative estimate of drug-likeness (QED) is 0.389. The summed E-state index contributed by atoms with van der Waals surface area (Å²) in [7, 11) is 0. The van der Waals surface area contributed by atoms with E-state index in [1.165, 1.54) is 0 Å². The normalized spacial score (nSPS) is 27.2. The van der Waals surface area contributed by atoms with Gasteiger partial charge in [0.1, 0.15) is 0 Å². The molecule has 1 fully saturated rings. The Bertz CT molecular complexity index is 138. The molecule has 0 aliphatic carbocycles. The standard InChI is InChI=1S/C7H10O2/c1-2-3-6-4-7(8)9-5-6/h2-3,6H,4-5H2,1H3/b3-2+/t6-/m0/s1. The van der Waals surface area contributed by atoms with Crippen molar-refractivity contribution < 1.29 is 9.53 Å². The average Bonchev–Trinajstić information content (AvgIpc) is 2.17. The van der Waals surface area contributed by atoms with E-state index in [0.717, 1.165) is 0 Å². The van der Waals surface area contributed by atoms with Crippen LogP contribution in [-0.2, 0) is 9.53 Å². The molecular formula is C7H10O2. The van der Waals surface area contributed by atoms with Crippen molar-refractivity contribution in [2.24, 2.45) is 5.92 Å². The zero-order valence-electron chi connectivity index (χ0n) is 5.46. The summed E-state index contributed by atoms with van der Waals surface area (Å²) in [6.07, 6.45) is 4.52. The maximum Gasteiger partial charge on any atom is 0.306 e. The molecule has 0 N–H and O–H groups in total. The summed E-state index contributed by atoms with van der Waals surface area (Å²) in [4.78, 5) is 10.5. The Morgan fingerprint density at radius 3 is 3.00 bits per heavy atom. The molecule has 0 aromatic carbocycles. The second-order valence-electron chi connectivity index (χ2n) is 2.17. The minimum Gasteiger partial charge on any atom is -0.465 e. The van der Waals surface area contributed by atoms with Gasteiger partial charge in [-0.1, -0.05) is 12.2 Å². The first-order valence-electron chi connectivity index (χ1n) is 3.11. The number of rotatable bonds is 1. The van der Waals surface area contributed by atoms with Crippen LogP contribution in [0.3, 0.4) is 0 Å². The van der Waals surface area contributed by atoms with Gasteiger partial charge in [-0.05, 0) is 6.92 Å². The van der Waals surface area contributed by atoms with Crippen LogP contribution >= 0.6 is 0 Å². The van der Waals surface area contributed by atoms with Crippen molar-refractivity contribution in [3.8, 4) is 0 Å². The molecule has 1 atom stereocenters. The summed E-state index contributed by atoms with van der Waals surface area (Å²) in [5.74, 6) is 0.264. The molecule has 1 saturated heterocycles. The first kappa shape index (κ1) is 6.33. The van der Waals surface area contributed by atoms with Gasteiger partial charge >= 0.3 is 5.97 Å². The van der Waals surface area contributed by atoms with E-state index >= 15 is 0 Å². The van der Waals surface area contributed by atoms with E-state index in [1.54, 1.807) is 0 Å². The van der Waals surface area contributed by atoms with Gasteiger partial charge in [-0.2, -0.15) is 0 Å². The zero-order valence-corrected chi connectivity index (χ0v) is 5.46. The van der Waals surface area contributed by atoms with Crippen LogP contribution in [0.2, 0.25) is 0 Å². The van der Waals surface area contributed by atoms with Gasteiger partial charge in [0, 0.05) is 5.92 Å². The van der Waals surface area contributed by atoms with E-state index in [9.17, 15) is 4.79 Å². The number of esters is 1. The Morgan fingerprint density at radius 2 is 2.56 bits per heavy atom. The van der Waals surface area contributed by atoms with Crippen LogP contribution in [0, 0.1) is 5.92 Å². The summed E-state index contributed by atoms with van der Waals surface area (Å²) in [5.41, 5.74) is 0. The van der Waals surface area contributed by atoms with Crippen molar-refractivity contribution in [2.45, 2.75) is 13.3 Å². The molecule has 0 aromatic rings. The first-order valence-corrected chi connectivity index (χ1v) is 3.11. The molecule has 0 aromatic heterocycles. The molecule has 50 valence electrons. The molecule has 1 aliphatic heterocycles. The third kappa shape index (κ3) is 1.56. The van der Waals surface area contributed by atoms with Crippen molar-refractivity contribution >= 4 is 5.97 Å². The lowest BCUT2D eigenvalue weighted by atomic mass is 10.1.